The molecule has 0 saturated carbocycles. The monoisotopic (exact) mass is 274 g/mol. The number of benzene rings is 1. The molecule has 1 unspecified atom stereocenters. The van der Waals surface area contributed by atoms with Crippen LogP contribution < -0.4 is 10.1 Å². The highest BCUT2D eigenvalue weighted by Crippen LogP contribution is 2.32. The van der Waals surface area contributed by atoms with Gasteiger partial charge in [0.05, 0.1) is 6.61 Å². The number of hydrogen-bond donors (Lipinski definition) is 1. The molecule has 0 fully saturated rings. The van der Waals surface area contributed by atoms with E-state index in [1.54, 1.807) is 11.3 Å². The van der Waals surface area contributed by atoms with Crippen LogP contribution >= 0.6 is 11.3 Å². The first-order valence-corrected chi connectivity index (χ1v) is 7.54. The third kappa shape index (κ3) is 2.96. The summed E-state index contributed by atoms with van der Waals surface area (Å²) in [4.78, 5) is 4.47. The van der Waals surface area contributed by atoms with Gasteiger partial charge in [0.1, 0.15) is 10.8 Å². The van der Waals surface area contributed by atoms with Gasteiger partial charge in [0.2, 0.25) is 0 Å². The number of ether oxygens (including phenoxy) is 1. The van der Waals surface area contributed by atoms with E-state index >= 15 is 0 Å². The Morgan fingerprint density at radius 1 is 1.42 bits per heavy atom. The summed E-state index contributed by atoms with van der Waals surface area (Å²) in [5, 5.41) is 6.78. The van der Waals surface area contributed by atoms with Crippen LogP contribution in [0.5, 0.6) is 5.75 Å². The van der Waals surface area contributed by atoms with Crippen LogP contribution in [0.4, 0.5) is 0 Å². The fraction of sp³-hybridized carbons (Fsp3) is 0.400. The normalized spacial score (nSPS) is 17.8. The van der Waals surface area contributed by atoms with E-state index in [1.807, 2.05) is 13.0 Å². The van der Waals surface area contributed by atoms with Crippen molar-refractivity contribution in [3.8, 4) is 5.75 Å². The minimum Gasteiger partial charge on any atom is -0.493 e. The molecule has 1 atom stereocenters. The molecule has 4 heteroatoms. The standard InChI is InChI=1S/C15H18N2OS/c1-11-10-19-15(17-11)9-16-8-12-6-7-18-14-5-3-2-4-13(12)14/h2-5,10,12,16H,6-9H2,1H3. The van der Waals surface area contributed by atoms with Gasteiger partial charge < -0.3 is 10.1 Å². The molecule has 0 amide bonds. The Balaban J connectivity index is 1.59. The van der Waals surface area contributed by atoms with Gasteiger partial charge in [-0.15, -0.1) is 11.3 Å². The van der Waals surface area contributed by atoms with E-state index in [0.717, 1.165) is 42.6 Å². The lowest BCUT2D eigenvalue weighted by atomic mass is 9.93. The molecule has 19 heavy (non-hydrogen) atoms. The topological polar surface area (TPSA) is 34.1 Å². The summed E-state index contributed by atoms with van der Waals surface area (Å²) >= 11 is 1.72. The fourth-order valence-corrected chi connectivity index (χ4v) is 3.21. The zero-order valence-corrected chi connectivity index (χ0v) is 11.9. The molecule has 2 aromatic rings. The molecule has 0 bridgehead atoms. The predicted molar refractivity (Wildman–Crippen MR) is 77.9 cm³/mol. The molecular weight excluding hydrogens is 256 g/mol. The third-order valence-electron chi connectivity index (χ3n) is 3.42. The Hall–Kier alpha value is -1.39. The maximum atomic E-state index is 5.68. The van der Waals surface area contributed by atoms with Crippen molar-refractivity contribution in [1.82, 2.24) is 10.3 Å². The van der Waals surface area contributed by atoms with E-state index in [1.165, 1.54) is 5.56 Å². The molecule has 3 nitrogen and oxygen atoms in total. The molecule has 2 heterocycles. The highest BCUT2D eigenvalue weighted by molar-refractivity contribution is 7.09. The fourth-order valence-electron chi connectivity index (χ4n) is 2.47. The first-order valence-electron chi connectivity index (χ1n) is 6.66. The van der Waals surface area contributed by atoms with Crippen LogP contribution in [0.15, 0.2) is 29.6 Å². The Bertz CT molecular complexity index is 553. The highest BCUT2D eigenvalue weighted by Gasteiger charge is 2.20. The number of aryl methyl sites for hydroxylation is 1. The van der Waals surface area contributed by atoms with Gasteiger partial charge in [-0.2, -0.15) is 0 Å². The lowest BCUT2D eigenvalue weighted by Crippen LogP contribution is -2.25. The lowest BCUT2D eigenvalue weighted by Gasteiger charge is -2.25. The SMILES string of the molecule is Cc1csc(CNCC2CCOc3ccccc32)n1. The van der Waals surface area contributed by atoms with Crippen LogP contribution in [0, 0.1) is 6.92 Å². The number of nitrogens with one attached hydrogen (secondary N) is 1. The van der Waals surface area contributed by atoms with Gasteiger partial charge in [0.25, 0.3) is 0 Å². The molecule has 0 spiro atoms. The Morgan fingerprint density at radius 2 is 2.32 bits per heavy atom. The number of thiazole rings is 1. The minimum atomic E-state index is 0.547. The van der Waals surface area contributed by atoms with Gasteiger partial charge in [-0.1, -0.05) is 18.2 Å². The summed E-state index contributed by atoms with van der Waals surface area (Å²) in [6.07, 6.45) is 1.08. The second-order valence-corrected chi connectivity index (χ2v) is 5.83. The van der Waals surface area contributed by atoms with Gasteiger partial charge in [0.15, 0.2) is 0 Å². The maximum Gasteiger partial charge on any atom is 0.122 e. The smallest absolute Gasteiger partial charge is 0.122 e. The van der Waals surface area contributed by atoms with E-state index in [4.69, 9.17) is 4.74 Å². The van der Waals surface area contributed by atoms with E-state index < -0.39 is 0 Å². The Morgan fingerprint density at radius 3 is 3.16 bits per heavy atom. The number of rotatable bonds is 4. The average Bonchev–Trinajstić information content (AvgIpc) is 2.85. The van der Waals surface area contributed by atoms with E-state index in [2.05, 4.69) is 33.9 Å². The molecule has 1 aliphatic heterocycles. The van der Waals surface area contributed by atoms with Gasteiger partial charge in [0, 0.05) is 30.1 Å². The van der Waals surface area contributed by atoms with Gasteiger partial charge >= 0.3 is 0 Å². The van der Waals surface area contributed by atoms with Crippen molar-refractivity contribution in [2.45, 2.75) is 25.8 Å². The molecule has 1 aromatic carbocycles. The molecule has 3 rings (SSSR count). The molecule has 1 aliphatic rings. The number of aromatic nitrogens is 1. The first-order chi connectivity index (χ1) is 9.33. The Kier molecular flexibility index (Phi) is 3.80. The van der Waals surface area contributed by atoms with Crippen molar-refractivity contribution >= 4 is 11.3 Å². The maximum absolute atomic E-state index is 5.68. The third-order valence-corrected chi connectivity index (χ3v) is 4.38. The predicted octanol–water partition coefficient (Wildman–Crippen LogP) is 3.11. The zero-order chi connectivity index (χ0) is 13.1. The van der Waals surface area contributed by atoms with Crippen molar-refractivity contribution in [1.29, 1.82) is 0 Å². The zero-order valence-electron chi connectivity index (χ0n) is 11.1. The van der Waals surface area contributed by atoms with Gasteiger partial charge in [-0.05, 0) is 25.0 Å². The largest absolute Gasteiger partial charge is 0.493 e. The molecule has 0 aliphatic carbocycles. The number of hydrogen-bond acceptors (Lipinski definition) is 4. The van der Waals surface area contributed by atoms with Crippen LogP contribution in [-0.4, -0.2) is 18.1 Å². The minimum absolute atomic E-state index is 0.547. The van der Waals surface area contributed by atoms with Crippen molar-refractivity contribution < 1.29 is 4.74 Å². The summed E-state index contributed by atoms with van der Waals surface area (Å²) in [5.74, 6) is 1.59. The second-order valence-electron chi connectivity index (χ2n) is 4.89. The highest BCUT2D eigenvalue weighted by atomic mass is 32.1. The summed E-state index contributed by atoms with van der Waals surface area (Å²) in [5.41, 5.74) is 2.44. The summed E-state index contributed by atoms with van der Waals surface area (Å²) < 4.78 is 5.68. The lowest BCUT2D eigenvalue weighted by molar-refractivity contribution is 0.264. The molecule has 0 radical (unpaired) electrons. The molecular formula is C15H18N2OS. The van der Waals surface area contributed by atoms with Gasteiger partial charge in [-0.25, -0.2) is 4.98 Å². The quantitative estimate of drug-likeness (QED) is 0.930. The van der Waals surface area contributed by atoms with Crippen LogP contribution in [0.25, 0.3) is 0 Å². The van der Waals surface area contributed by atoms with Crippen molar-refractivity contribution in [2.75, 3.05) is 13.2 Å². The molecule has 0 saturated heterocycles. The Labute approximate surface area is 117 Å². The number of nitrogens with zero attached hydrogens (tertiary/aromatic N) is 1. The van der Waals surface area contributed by atoms with Crippen molar-refractivity contribution in [3.05, 3.63) is 45.9 Å². The molecule has 1 aromatic heterocycles. The average molecular weight is 274 g/mol. The van der Waals surface area contributed by atoms with Crippen LogP contribution in [0.3, 0.4) is 0 Å². The molecule has 100 valence electrons. The van der Waals surface area contributed by atoms with E-state index in [9.17, 15) is 0 Å². The summed E-state index contributed by atoms with van der Waals surface area (Å²) in [6.45, 7) is 4.70. The van der Waals surface area contributed by atoms with Gasteiger partial charge in [-0.3, -0.25) is 0 Å². The van der Waals surface area contributed by atoms with Crippen LogP contribution in [0.2, 0.25) is 0 Å². The second kappa shape index (κ2) is 5.72. The number of fused-ring (bicyclic) bond motifs is 1. The van der Waals surface area contributed by atoms with Crippen LogP contribution in [0.1, 0.15) is 28.6 Å². The van der Waals surface area contributed by atoms with Crippen molar-refractivity contribution in [2.24, 2.45) is 0 Å². The first kappa shape index (κ1) is 12.6. The molecule has 1 N–H and O–H groups in total. The van der Waals surface area contributed by atoms with E-state index in [-0.39, 0.29) is 0 Å². The summed E-state index contributed by atoms with van der Waals surface area (Å²) in [7, 11) is 0. The van der Waals surface area contributed by atoms with E-state index in [0.29, 0.717) is 5.92 Å². The number of para-hydroxylation sites is 1. The van der Waals surface area contributed by atoms with Crippen LogP contribution in [-0.2, 0) is 6.54 Å². The van der Waals surface area contributed by atoms with Crippen molar-refractivity contribution in [3.63, 3.8) is 0 Å². The summed E-state index contributed by atoms with van der Waals surface area (Å²) in [6, 6.07) is 8.36.